The van der Waals surface area contributed by atoms with Crippen molar-refractivity contribution in [3.8, 4) is 0 Å². The molecule has 0 aliphatic heterocycles. The van der Waals surface area contributed by atoms with Crippen molar-refractivity contribution in [1.82, 2.24) is 0 Å². The molecule has 0 bridgehead atoms. The van der Waals surface area contributed by atoms with E-state index in [0.717, 1.165) is 0 Å². The summed E-state index contributed by atoms with van der Waals surface area (Å²) in [6, 6.07) is 0. The van der Waals surface area contributed by atoms with E-state index in [0.29, 0.717) is 0 Å². The van der Waals surface area contributed by atoms with Gasteiger partial charge in [-0.2, -0.15) is 0 Å². The average Bonchev–Trinajstić information content (AvgIpc) is 0.811. The Labute approximate surface area is 38.2 Å². The fraction of sp³-hybridized carbons (Fsp3) is 0. The predicted octanol–water partition coefficient (Wildman–Crippen LogP) is -3.62. The summed E-state index contributed by atoms with van der Waals surface area (Å²) < 4.78 is 8.74. The van der Waals surface area contributed by atoms with E-state index in [1.807, 2.05) is 0 Å². The number of hydrogen-bond acceptors (Lipinski definition) is 1. The van der Waals surface area contributed by atoms with Crippen LogP contribution in [0.25, 0.3) is 0 Å². The molecule has 0 atom stereocenters. The number of hydrogen-bond donors (Lipinski definition) is 2. The molecule has 0 aromatic heterocycles. The van der Waals surface area contributed by atoms with Crippen LogP contribution in [0.15, 0.2) is 0 Å². The first kappa shape index (κ1) is 17.4. The van der Waals surface area contributed by atoms with Gasteiger partial charge in [0.1, 0.15) is 0 Å². The lowest BCUT2D eigenvalue weighted by molar-refractivity contribution is 0.330. The van der Waals surface area contributed by atoms with Crippen molar-refractivity contribution < 1.29 is 19.5 Å². The second kappa shape index (κ2) is 8.82. The Hall–Kier alpha value is -0.358. The summed E-state index contributed by atoms with van der Waals surface area (Å²) in [6.07, 6.45) is 0. The minimum Gasteiger partial charge on any atom is -0.511 e. The highest BCUT2D eigenvalue weighted by Gasteiger charge is 1.85. The summed E-state index contributed by atoms with van der Waals surface area (Å²) >= 11 is 0. The van der Waals surface area contributed by atoms with Crippen LogP contribution in [0.2, 0.25) is 0 Å². The first-order chi connectivity index (χ1) is 1.73. The Morgan fingerprint density at radius 1 is 1.33 bits per heavy atom. The first-order valence-electron chi connectivity index (χ1n) is 0.651. The van der Waals surface area contributed by atoms with Gasteiger partial charge in [-0.05, 0) is 0 Å². The zero-order chi connectivity index (χ0) is 3.58. The van der Waals surface area contributed by atoms with Crippen LogP contribution in [0.4, 0.5) is 0 Å². The van der Waals surface area contributed by atoms with Crippen LogP contribution in [0, 0.1) is 0 Å². The summed E-state index contributed by atoms with van der Waals surface area (Å²) in [5.74, 6) is 0. The van der Waals surface area contributed by atoms with Gasteiger partial charge in [-0.3, -0.25) is 4.46 Å². The molecule has 6 heteroatoms. The van der Waals surface area contributed by atoms with Crippen molar-refractivity contribution >= 4 is 17.6 Å². The van der Waals surface area contributed by atoms with E-state index < -0.39 is 9.17 Å². The molecule has 0 saturated carbocycles. The maximum absolute atomic E-state index is 8.74. The second-order valence-corrected chi connectivity index (χ2v) is 0.848. The maximum atomic E-state index is 8.74. The van der Waals surface area contributed by atoms with E-state index in [-0.39, 0.29) is 13.9 Å². The Balaban J connectivity index is -0.0000000450. The quantitative estimate of drug-likeness (QED) is 0.315. The standard InChI is InChI=1S/BH3.H2O3Si.H2O/c;1-4(2)3;/h1H3;1-2H;1H2. The van der Waals surface area contributed by atoms with Crippen molar-refractivity contribution in [2.24, 2.45) is 0 Å². The molecule has 38 valence electrons. The molecule has 0 aliphatic carbocycles. The molecule has 0 unspecified atom stereocenters. The molecule has 0 aromatic carbocycles. The van der Waals surface area contributed by atoms with Gasteiger partial charge in [0.15, 0.2) is 0 Å². The molecule has 0 amide bonds. The second-order valence-electron chi connectivity index (χ2n) is 0.283. The molecule has 0 radical (unpaired) electrons. The van der Waals surface area contributed by atoms with Crippen molar-refractivity contribution in [3.63, 3.8) is 0 Å². The monoisotopic (exact) mass is 110 g/mol. The molecular weight excluding hydrogens is 103 g/mol. The molecule has 0 aromatic rings. The molecule has 0 aliphatic rings. The first-order valence-corrected chi connectivity index (χ1v) is 1.95. The van der Waals surface area contributed by atoms with Crippen LogP contribution in [-0.2, 0) is 4.46 Å². The van der Waals surface area contributed by atoms with Gasteiger partial charge in [0.2, 0.25) is 0 Å². The molecule has 0 saturated heterocycles. The third kappa shape index (κ3) is 198. The Morgan fingerprint density at radius 2 is 1.33 bits per heavy atom. The minimum absolute atomic E-state index is 0. The predicted molar refractivity (Wildman–Crippen MR) is 24.4 cm³/mol. The zero-order valence-electron chi connectivity index (χ0n) is 2.30. The van der Waals surface area contributed by atoms with Crippen molar-refractivity contribution in [1.29, 1.82) is 0 Å². The molecule has 6 heavy (non-hydrogen) atoms. The van der Waals surface area contributed by atoms with Crippen LogP contribution in [0.5, 0.6) is 0 Å². The molecule has 0 spiro atoms. The Kier molecular flexibility index (Phi) is 25.6. The van der Waals surface area contributed by atoms with E-state index >= 15 is 0 Å². The molecule has 0 fully saturated rings. The molecule has 0 heterocycles. The van der Waals surface area contributed by atoms with Gasteiger partial charge in [-0.25, -0.2) is 0 Å². The van der Waals surface area contributed by atoms with Gasteiger partial charge in [0.05, 0.1) is 8.41 Å². The minimum atomic E-state index is -3.13. The number of rotatable bonds is 0. The van der Waals surface area contributed by atoms with Crippen LogP contribution in [0.3, 0.4) is 0 Å². The molecule has 0 rings (SSSR count). The van der Waals surface area contributed by atoms with E-state index in [2.05, 4.69) is 0 Å². The SMILES string of the molecule is B.O.O=[Si](O)O. The van der Waals surface area contributed by atoms with E-state index in [4.69, 9.17) is 14.1 Å². The lowest BCUT2D eigenvalue weighted by Crippen LogP contribution is -1.90. The summed E-state index contributed by atoms with van der Waals surface area (Å²) in [4.78, 5) is 14.3. The smallest absolute Gasteiger partial charge is 0.511 e. The fourth-order valence-corrected chi connectivity index (χ4v) is 0. The summed E-state index contributed by atoms with van der Waals surface area (Å²) in [5.41, 5.74) is 0. The van der Waals surface area contributed by atoms with E-state index in [1.54, 1.807) is 0 Å². The molecule has 4 nitrogen and oxygen atoms in total. The molecule has 4 N–H and O–H groups in total. The Bertz CT molecular complexity index is 30.5. The van der Waals surface area contributed by atoms with Gasteiger partial charge < -0.3 is 15.1 Å². The molecular formula is H7BO4Si. The van der Waals surface area contributed by atoms with Crippen molar-refractivity contribution in [2.75, 3.05) is 0 Å². The van der Waals surface area contributed by atoms with E-state index in [9.17, 15) is 0 Å². The summed E-state index contributed by atoms with van der Waals surface area (Å²) in [7, 11) is -3.13. The topological polar surface area (TPSA) is 89.0 Å². The van der Waals surface area contributed by atoms with Gasteiger partial charge in [-0.1, -0.05) is 0 Å². The zero-order valence-corrected chi connectivity index (χ0v) is 3.30. The normalized spacial score (nSPS) is 4.00. The van der Waals surface area contributed by atoms with E-state index in [1.165, 1.54) is 0 Å². The fourth-order valence-electron chi connectivity index (χ4n) is 0. The third-order valence-electron chi connectivity index (χ3n) is 0. The lowest BCUT2D eigenvalue weighted by atomic mass is 10.8. The lowest BCUT2D eigenvalue weighted by Gasteiger charge is -1.55. The Morgan fingerprint density at radius 3 is 1.33 bits per heavy atom. The highest BCUT2D eigenvalue weighted by molar-refractivity contribution is 6.22. The maximum Gasteiger partial charge on any atom is 0.761 e. The van der Waals surface area contributed by atoms with Crippen molar-refractivity contribution in [3.05, 3.63) is 0 Å². The van der Waals surface area contributed by atoms with Crippen LogP contribution < -0.4 is 0 Å². The van der Waals surface area contributed by atoms with Crippen molar-refractivity contribution in [2.45, 2.75) is 0 Å². The summed E-state index contributed by atoms with van der Waals surface area (Å²) in [6.45, 7) is 0. The van der Waals surface area contributed by atoms with Crippen LogP contribution in [-0.4, -0.2) is 32.7 Å². The highest BCUT2D eigenvalue weighted by Crippen LogP contribution is 1.27. The van der Waals surface area contributed by atoms with Gasteiger partial charge in [0.25, 0.3) is 0 Å². The van der Waals surface area contributed by atoms with Crippen LogP contribution in [0.1, 0.15) is 0 Å². The van der Waals surface area contributed by atoms with Crippen LogP contribution >= 0.6 is 0 Å². The average molecular weight is 110 g/mol. The highest BCUT2D eigenvalue weighted by atomic mass is 28.3. The summed E-state index contributed by atoms with van der Waals surface area (Å²) in [5, 5.41) is 0. The van der Waals surface area contributed by atoms with Gasteiger partial charge >= 0.3 is 9.17 Å². The largest absolute Gasteiger partial charge is 0.761 e. The van der Waals surface area contributed by atoms with Gasteiger partial charge in [0, 0.05) is 0 Å². The third-order valence-corrected chi connectivity index (χ3v) is 0. The van der Waals surface area contributed by atoms with Gasteiger partial charge in [-0.15, -0.1) is 0 Å².